The minimum Gasteiger partial charge on any atom is -0.497 e. The van der Waals surface area contributed by atoms with Crippen molar-refractivity contribution < 1.29 is 9.53 Å². The number of rotatable bonds is 7. The molecule has 0 bridgehead atoms. The number of ether oxygens (including phenoxy) is 1. The highest BCUT2D eigenvalue weighted by Crippen LogP contribution is 2.34. The molecule has 0 N–H and O–H groups in total. The minimum absolute atomic E-state index is 0.00554. The first kappa shape index (κ1) is 22.7. The molecule has 0 unspecified atom stereocenters. The number of carbonyl (C=O) groups is 1. The van der Waals surface area contributed by atoms with E-state index in [1.54, 1.807) is 12.1 Å². The number of amides is 1. The maximum absolute atomic E-state index is 13.4. The van der Waals surface area contributed by atoms with E-state index >= 15 is 0 Å². The molecule has 0 fully saturated rings. The van der Waals surface area contributed by atoms with Crippen molar-refractivity contribution in [3.63, 3.8) is 0 Å². The smallest absolute Gasteiger partial charge is 0.257 e. The van der Waals surface area contributed by atoms with Crippen molar-refractivity contribution in [2.24, 2.45) is 5.10 Å². The van der Waals surface area contributed by atoms with E-state index in [1.807, 2.05) is 54.4 Å². The Morgan fingerprint density at radius 1 is 1.06 bits per heavy atom. The largest absolute Gasteiger partial charge is 0.497 e. The van der Waals surface area contributed by atoms with Crippen LogP contribution in [-0.4, -0.2) is 42.2 Å². The van der Waals surface area contributed by atoms with Crippen molar-refractivity contribution in [1.29, 1.82) is 0 Å². The van der Waals surface area contributed by atoms with Crippen molar-refractivity contribution in [1.82, 2.24) is 9.91 Å². The van der Waals surface area contributed by atoms with Crippen LogP contribution in [0.3, 0.4) is 0 Å². The number of carbonyl (C=O) groups excluding carboxylic acids is 1. The molecule has 4 rings (SSSR count). The van der Waals surface area contributed by atoms with Gasteiger partial charge < -0.3 is 4.74 Å². The minimum atomic E-state index is -0.135. The van der Waals surface area contributed by atoms with Gasteiger partial charge in [-0.3, -0.25) is 9.69 Å². The van der Waals surface area contributed by atoms with E-state index in [4.69, 9.17) is 9.84 Å². The average Bonchev–Trinajstić information content (AvgIpc) is 3.25. The molecule has 5 heteroatoms. The first-order valence-corrected chi connectivity index (χ1v) is 11.3. The summed E-state index contributed by atoms with van der Waals surface area (Å²) in [7, 11) is 3.63. The van der Waals surface area contributed by atoms with Crippen molar-refractivity contribution in [3.8, 4) is 5.75 Å². The molecular weight excluding hydrogens is 410 g/mol. The highest BCUT2D eigenvalue weighted by Gasteiger charge is 2.33. The van der Waals surface area contributed by atoms with Crippen LogP contribution in [0.25, 0.3) is 0 Å². The van der Waals surface area contributed by atoms with Crippen LogP contribution in [0.15, 0.2) is 77.9 Å². The van der Waals surface area contributed by atoms with Crippen LogP contribution in [0.2, 0.25) is 0 Å². The lowest BCUT2D eigenvalue weighted by Gasteiger charge is -2.25. The third-order valence-corrected chi connectivity index (χ3v) is 6.06. The van der Waals surface area contributed by atoms with E-state index in [1.165, 1.54) is 16.7 Å². The van der Waals surface area contributed by atoms with Crippen LogP contribution in [0.1, 0.15) is 40.3 Å². The zero-order chi connectivity index (χ0) is 23.4. The summed E-state index contributed by atoms with van der Waals surface area (Å²) in [5.41, 5.74) is 6.69. The van der Waals surface area contributed by atoms with Gasteiger partial charge in [0.1, 0.15) is 5.75 Å². The van der Waals surface area contributed by atoms with Gasteiger partial charge in [-0.2, -0.15) is 5.10 Å². The molecule has 0 spiro atoms. The Kier molecular flexibility index (Phi) is 6.90. The number of aryl methyl sites for hydroxylation is 2. The van der Waals surface area contributed by atoms with Gasteiger partial charge in [0.2, 0.25) is 0 Å². The zero-order valence-electron chi connectivity index (χ0n) is 19.8. The molecule has 0 radical (unpaired) electrons. The Balaban J connectivity index is 1.59. The van der Waals surface area contributed by atoms with Gasteiger partial charge in [-0.25, -0.2) is 5.01 Å². The second kappa shape index (κ2) is 10.0. The van der Waals surface area contributed by atoms with Gasteiger partial charge in [-0.1, -0.05) is 66.2 Å². The Morgan fingerprint density at radius 3 is 2.45 bits per heavy atom. The molecule has 0 saturated heterocycles. The quantitative estimate of drug-likeness (QED) is 0.511. The molecule has 1 amide bonds. The summed E-state index contributed by atoms with van der Waals surface area (Å²) in [4.78, 5) is 15.5. The number of likely N-dealkylation sites (N-methyl/N-ethyl adjacent to an activating group) is 1. The van der Waals surface area contributed by atoms with Crippen molar-refractivity contribution in [2.45, 2.75) is 32.9 Å². The molecule has 1 heterocycles. The van der Waals surface area contributed by atoms with Crippen LogP contribution in [0.5, 0.6) is 5.75 Å². The zero-order valence-corrected chi connectivity index (χ0v) is 19.8. The molecule has 1 aliphatic rings. The summed E-state index contributed by atoms with van der Waals surface area (Å²) in [5, 5.41) is 6.53. The Hall–Kier alpha value is -3.44. The molecule has 3 aromatic rings. The van der Waals surface area contributed by atoms with Crippen LogP contribution < -0.4 is 4.74 Å². The van der Waals surface area contributed by atoms with Crippen LogP contribution in [-0.2, 0) is 11.3 Å². The van der Waals surface area contributed by atoms with Crippen molar-refractivity contribution in [3.05, 3.63) is 101 Å². The van der Waals surface area contributed by atoms with Crippen LogP contribution in [0.4, 0.5) is 0 Å². The number of methoxy groups -OCH3 is 1. The lowest BCUT2D eigenvalue weighted by Crippen LogP contribution is -2.36. The standard InChI is InChI=1S/C28H31N3O2/c1-20-10-15-25(21(2)16-20)26-17-27(23-11-13-24(33-4)14-12-23)31(29-26)28(32)19-30(3)18-22-8-6-5-7-9-22/h5-16,27H,17-19H2,1-4H3/t27-/m0/s1. The van der Waals surface area contributed by atoms with Gasteiger partial charge in [-0.05, 0) is 49.7 Å². The van der Waals surface area contributed by atoms with Gasteiger partial charge in [0.25, 0.3) is 5.91 Å². The summed E-state index contributed by atoms with van der Waals surface area (Å²) >= 11 is 0. The number of nitrogens with zero attached hydrogens (tertiary/aromatic N) is 3. The van der Waals surface area contributed by atoms with Gasteiger partial charge >= 0.3 is 0 Å². The summed E-state index contributed by atoms with van der Waals surface area (Å²) < 4.78 is 5.32. The van der Waals surface area contributed by atoms with Gasteiger partial charge in [-0.15, -0.1) is 0 Å². The third-order valence-electron chi connectivity index (χ3n) is 6.06. The highest BCUT2D eigenvalue weighted by atomic mass is 16.5. The molecule has 33 heavy (non-hydrogen) atoms. The fraction of sp³-hybridized carbons (Fsp3) is 0.286. The number of benzene rings is 3. The predicted molar refractivity (Wildman–Crippen MR) is 132 cm³/mol. The third kappa shape index (κ3) is 5.32. The summed E-state index contributed by atoms with van der Waals surface area (Å²) in [6.45, 7) is 5.20. The van der Waals surface area contributed by atoms with Crippen molar-refractivity contribution >= 4 is 11.6 Å². The molecule has 0 saturated carbocycles. The average molecular weight is 442 g/mol. The highest BCUT2D eigenvalue weighted by molar-refractivity contribution is 6.04. The molecule has 1 atom stereocenters. The molecule has 1 aliphatic heterocycles. The first-order valence-electron chi connectivity index (χ1n) is 11.3. The normalized spacial score (nSPS) is 15.6. The number of hydrogen-bond donors (Lipinski definition) is 0. The molecule has 3 aromatic carbocycles. The van der Waals surface area contributed by atoms with E-state index < -0.39 is 0 Å². The second-order valence-corrected chi connectivity index (χ2v) is 8.75. The first-order chi connectivity index (χ1) is 15.9. The van der Waals surface area contributed by atoms with E-state index in [-0.39, 0.29) is 11.9 Å². The van der Waals surface area contributed by atoms with Crippen LogP contribution >= 0.6 is 0 Å². The Bertz CT molecular complexity index is 1140. The second-order valence-electron chi connectivity index (χ2n) is 8.75. The number of hydrazone groups is 1. The molecule has 5 nitrogen and oxygen atoms in total. The van der Waals surface area contributed by atoms with Gasteiger partial charge in [0.15, 0.2) is 0 Å². The molecule has 170 valence electrons. The topological polar surface area (TPSA) is 45.1 Å². The predicted octanol–water partition coefficient (Wildman–Crippen LogP) is 5.12. The van der Waals surface area contributed by atoms with Crippen LogP contribution in [0, 0.1) is 13.8 Å². The maximum atomic E-state index is 13.4. The summed E-state index contributed by atoms with van der Waals surface area (Å²) in [6, 6.07) is 24.4. The Labute approximate surface area is 196 Å². The van der Waals surface area contributed by atoms with E-state index in [9.17, 15) is 4.79 Å². The number of hydrogen-bond acceptors (Lipinski definition) is 4. The molecular formula is C28H31N3O2. The van der Waals surface area contributed by atoms with Crippen molar-refractivity contribution in [2.75, 3.05) is 20.7 Å². The van der Waals surface area contributed by atoms with Gasteiger partial charge in [0, 0.05) is 18.5 Å². The van der Waals surface area contributed by atoms with Gasteiger partial charge in [0.05, 0.1) is 25.4 Å². The molecule has 0 aliphatic carbocycles. The Morgan fingerprint density at radius 2 is 1.79 bits per heavy atom. The lowest BCUT2D eigenvalue weighted by atomic mass is 9.95. The monoisotopic (exact) mass is 441 g/mol. The molecule has 0 aromatic heterocycles. The summed E-state index contributed by atoms with van der Waals surface area (Å²) in [5.74, 6) is 0.793. The lowest BCUT2D eigenvalue weighted by molar-refractivity contribution is -0.134. The SMILES string of the molecule is COc1ccc([C@@H]2CC(c3ccc(C)cc3C)=NN2C(=O)CN(C)Cc2ccccc2)cc1. The fourth-order valence-corrected chi connectivity index (χ4v) is 4.38. The van der Waals surface area contributed by atoms with E-state index in [0.717, 1.165) is 22.6 Å². The maximum Gasteiger partial charge on any atom is 0.257 e. The van der Waals surface area contributed by atoms with E-state index in [0.29, 0.717) is 19.5 Å². The summed E-state index contributed by atoms with van der Waals surface area (Å²) in [6.07, 6.45) is 0.685. The van der Waals surface area contributed by atoms with E-state index in [2.05, 4.69) is 44.2 Å². The fourth-order valence-electron chi connectivity index (χ4n) is 4.38.